The number of anilines is 1. The molecule has 172 valence electrons. The maximum Gasteiger partial charge on any atom is 0.272 e. The minimum Gasteiger partial charge on any atom is -0.284 e. The van der Waals surface area contributed by atoms with Gasteiger partial charge in [-0.3, -0.25) is 9.71 Å². The molecule has 5 rings (SSSR count). The normalized spacial score (nSPS) is 13.7. The summed E-state index contributed by atoms with van der Waals surface area (Å²) in [5.41, 5.74) is 4.42. The summed E-state index contributed by atoms with van der Waals surface area (Å²) in [4.78, 5) is 4.48. The van der Waals surface area contributed by atoms with Gasteiger partial charge in [0.05, 0.1) is 10.6 Å². The Morgan fingerprint density at radius 2 is 1.50 bits per heavy atom. The molecule has 0 atom stereocenters. The highest BCUT2D eigenvalue weighted by molar-refractivity contribution is 7.96. The van der Waals surface area contributed by atoms with E-state index in [-0.39, 0.29) is 14.0 Å². The van der Waals surface area contributed by atoms with E-state index >= 15 is 0 Å². The van der Waals surface area contributed by atoms with E-state index in [1.165, 1.54) is 29.1 Å². The molecule has 0 bridgehead atoms. The first kappa shape index (κ1) is 22.5. The Balaban J connectivity index is 1.42. The SMILES string of the molecule is O=S(=O)(Nc1ccc(C2=NCCc3ccccc32)cc1)c1sccc1S(=O)(=O)c1ccccc1. The molecule has 0 aliphatic carbocycles. The van der Waals surface area contributed by atoms with E-state index < -0.39 is 19.9 Å². The minimum atomic E-state index is -4.12. The Morgan fingerprint density at radius 3 is 2.26 bits per heavy atom. The van der Waals surface area contributed by atoms with Crippen molar-refractivity contribution in [3.05, 3.63) is 107 Å². The lowest BCUT2D eigenvalue weighted by Crippen LogP contribution is -2.16. The number of sulfone groups is 1. The fraction of sp³-hybridized carbons (Fsp3) is 0.0800. The van der Waals surface area contributed by atoms with Gasteiger partial charge in [-0.05, 0) is 47.7 Å². The Kier molecular flexibility index (Phi) is 5.85. The predicted molar refractivity (Wildman–Crippen MR) is 134 cm³/mol. The molecule has 6 nitrogen and oxygen atoms in total. The molecular weight excluding hydrogens is 488 g/mol. The molecule has 0 unspecified atom stereocenters. The molecule has 0 saturated carbocycles. The number of nitrogens with zero attached hydrogens (tertiary/aromatic N) is 1. The first-order valence-electron chi connectivity index (χ1n) is 10.5. The first-order chi connectivity index (χ1) is 16.4. The van der Waals surface area contributed by atoms with Gasteiger partial charge in [-0.2, -0.15) is 0 Å². The quantitative estimate of drug-likeness (QED) is 0.406. The van der Waals surface area contributed by atoms with Crippen molar-refractivity contribution in [2.45, 2.75) is 20.4 Å². The average molecular weight is 509 g/mol. The molecule has 4 aromatic rings. The van der Waals surface area contributed by atoms with Crippen LogP contribution >= 0.6 is 11.3 Å². The number of rotatable bonds is 6. The number of benzene rings is 3. The smallest absolute Gasteiger partial charge is 0.272 e. The lowest BCUT2D eigenvalue weighted by atomic mass is 9.93. The van der Waals surface area contributed by atoms with E-state index in [9.17, 15) is 16.8 Å². The zero-order valence-corrected chi connectivity index (χ0v) is 20.3. The van der Waals surface area contributed by atoms with Crippen molar-refractivity contribution in [2.75, 3.05) is 11.3 Å². The van der Waals surface area contributed by atoms with E-state index in [2.05, 4.69) is 15.8 Å². The maximum absolute atomic E-state index is 13.1. The second kappa shape index (κ2) is 8.83. The van der Waals surface area contributed by atoms with Gasteiger partial charge in [-0.15, -0.1) is 11.3 Å². The summed E-state index contributed by atoms with van der Waals surface area (Å²) in [6.45, 7) is 0.706. The van der Waals surface area contributed by atoms with Gasteiger partial charge in [-0.1, -0.05) is 54.6 Å². The van der Waals surface area contributed by atoms with Crippen LogP contribution in [0.1, 0.15) is 16.7 Å². The largest absolute Gasteiger partial charge is 0.284 e. The molecule has 3 aromatic carbocycles. The number of nitrogens with one attached hydrogen (secondary N) is 1. The second-order valence-corrected chi connectivity index (χ2v) is 12.4. The molecule has 34 heavy (non-hydrogen) atoms. The Morgan fingerprint density at radius 1 is 0.794 bits per heavy atom. The molecule has 1 aliphatic rings. The predicted octanol–water partition coefficient (Wildman–Crippen LogP) is 4.78. The van der Waals surface area contributed by atoms with Crippen LogP contribution < -0.4 is 4.72 Å². The van der Waals surface area contributed by atoms with Crippen molar-refractivity contribution in [3.8, 4) is 0 Å². The number of aliphatic imine (C=N–C) groups is 1. The standard InChI is InChI=1S/C25H20N2O4S3/c28-33(29,21-7-2-1-3-8-21)23-15-17-32-25(23)34(30,31)27-20-12-10-19(11-13-20)24-22-9-5-4-6-18(22)14-16-26-24/h1-13,15,17,27H,14,16H2. The summed E-state index contributed by atoms with van der Waals surface area (Å²) >= 11 is 0.867. The van der Waals surface area contributed by atoms with Gasteiger partial charge < -0.3 is 0 Å². The van der Waals surface area contributed by atoms with Crippen molar-refractivity contribution >= 4 is 42.6 Å². The molecule has 1 aromatic heterocycles. The van der Waals surface area contributed by atoms with Gasteiger partial charge in [0.1, 0.15) is 4.90 Å². The topological polar surface area (TPSA) is 92.7 Å². The van der Waals surface area contributed by atoms with E-state index in [4.69, 9.17) is 0 Å². The van der Waals surface area contributed by atoms with E-state index in [1.54, 1.807) is 30.3 Å². The molecule has 0 spiro atoms. The molecule has 1 N–H and O–H groups in total. The van der Waals surface area contributed by atoms with Crippen LogP contribution in [-0.2, 0) is 26.3 Å². The summed E-state index contributed by atoms with van der Waals surface area (Å²) < 4.78 is 54.6. The highest BCUT2D eigenvalue weighted by Crippen LogP contribution is 2.33. The monoisotopic (exact) mass is 508 g/mol. The van der Waals surface area contributed by atoms with Crippen molar-refractivity contribution in [2.24, 2.45) is 4.99 Å². The van der Waals surface area contributed by atoms with E-state index in [0.717, 1.165) is 34.6 Å². The fourth-order valence-electron chi connectivity index (χ4n) is 3.89. The van der Waals surface area contributed by atoms with Crippen molar-refractivity contribution < 1.29 is 16.8 Å². The Hall–Kier alpha value is -3.27. The highest BCUT2D eigenvalue weighted by Gasteiger charge is 2.29. The minimum absolute atomic E-state index is 0.0442. The molecule has 9 heteroatoms. The second-order valence-electron chi connectivity index (χ2n) is 7.71. The fourth-order valence-corrected chi connectivity index (χ4v) is 8.53. The summed E-state index contributed by atoms with van der Waals surface area (Å²) in [5, 5.41) is 1.46. The summed E-state index contributed by atoms with van der Waals surface area (Å²) in [5.74, 6) is 0. The van der Waals surface area contributed by atoms with Gasteiger partial charge in [0, 0.05) is 23.4 Å². The van der Waals surface area contributed by atoms with Crippen LogP contribution in [0.4, 0.5) is 5.69 Å². The summed E-state index contributed by atoms with van der Waals surface area (Å²) in [6, 6.07) is 24.2. The van der Waals surface area contributed by atoms with Crippen LogP contribution in [0.25, 0.3) is 0 Å². The molecule has 1 aliphatic heterocycles. The zero-order chi connectivity index (χ0) is 23.8. The van der Waals surface area contributed by atoms with Gasteiger partial charge in [0.2, 0.25) is 9.84 Å². The lowest BCUT2D eigenvalue weighted by Gasteiger charge is -2.17. The van der Waals surface area contributed by atoms with Crippen LogP contribution in [-0.4, -0.2) is 29.1 Å². The van der Waals surface area contributed by atoms with Crippen LogP contribution in [0.5, 0.6) is 0 Å². The molecule has 0 amide bonds. The number of sulfonamides is 1. The van der Waals surface area contributed by atoms with E-state index in [1.807, 2.05) is 30.3 Å². The Bertz CT molecular complexity index is 1590. The van der Waals surface area contributed by atoms with Crippen molar-refractivity contribution in [1.82, 2.24) is 0 Å². The number of fused-ring (bicyclic) bond motifs is 1. The molecule has 2 heterocycles. The van der Waals surface area contributed by atoms with Crippen molar-refractivity contribution in [1.29, 1.82) is 0 Å². The summed E-state index contributed by atoms with van der Waals surface area (Å²) in [6.07, 6.45) is 0.895. The highest BCUT2D eigenvalue weighted by atomic mass is 32.2. The maximum atomic E-state index is 13.1. The number of hydrogen-bond acceptors (Lipinski definition) is 6. The van der Waals surface area contributed by atoms with Gasteiger partial charge in [0.25, 0.3) is 10.0 Å². The first-order valence-corrected chi connectivity index (χ1v) is 14.3. The molecular formula is C25H20N2O4S3. The summed E-state index contributed by atoms with van der Waals surface area (Å²) in [7, 11) is -8.09. The van der Waals surface area contributed by atoms with Crippen molar-refractivity contribution in [3.63, 3.8) is 0 Å². The lowest BCUT2D eigenvalue weighted by molar-refractivity contribution is 0.587. The third-order valence-corrected chi connectivity index (χ3v) is 10.5. The molecule has 0 radical (unpaired) electrons. The van der Waals surface area contributed by atoms with Crippen LogP contribution in [0.15, 0.2) is 109 Å². The third kappa shape index (κ3) is 4.18. The third-order valence-electron chi connectivity index (χ3n) is 5.52. The number of hydrogen-bond donors (Lipinski definition) is 1. The van der Waals surface area contributed by atoms with E-state index in [0.29, 0.717) is 12.2 Å². The van der Waals surface area contributed by atoms with Gasteiger partial charge in [-0.25, -0.2) is 16.8 Å². The van der Waals surface area contributed by atoms with Crippen LogP contribution in [0.3, 0.4) is 0 Å². The average Bonchev–Trinajstić information content (AvgIpc) is 3.37. The van der Waals surface area contributed by atoms with Gasteiger partial charge in [0.15, 0.2) is 4.21 Å². The molecule has 0 fully saturated rings. The number of thiophene rings is 1. The zero-order valence-electron chi connectivity index (χ0n) is 17.9. The molecule has 0 saturated heterocycles. The van der Waals surface area contributed by atoms with Gasteiger partial charge >= 0.3 is 0 Å². The van der Waals surface area contributed by atoms with Crippen LogP contribution in [0, 0.1) is 0 Å². The van der Waals surface area contributed by atoms with Crippen LogP contribution in [0.2, 0.25) is 0 Å². The Labute approximate surface area is 202 Å².